The quantitative estimate of drug-likeness (QED) is 0.742. The predicted octanol–water partition coefficient (Wildman–Crippen LogP) is 2.48. The summed E-state index contributed by atoms with van der Waals surface area (Å²) >= 11 is 0. The highest BCUT2D eigenvalue weighted by atomic mass is 16.3. The van der Waals surface area contributed by atoms with E-state index in [2.05, 4.69) is 5.32 Å². The largest absolute Gasteiger partial charge is 0.508 e. The van der Waals surface area contributed by atoms with E-state index in [1.54, 1.807) is 18.2 Å². The van der Waals surface area contributed by atoms with Gasteiger partial charge in [0.15, 0.2) is 0 Å². The van der Waals surface area contributed by atoms with Gasteiger partial charge in [-0.2, -0.15) is 0 Å². The number of phenolic OH excluding ortho intramolecular Hbond substituents is 1. The lowest BCUT2D eigenvalue weighted by Gasteiger charge is -2.23. The van der Waals surface area contributed by atoms with E-state index in [1.807, 2.05) is 13.0 Å². The molecule has 4 heteroatoms. The number of rotatable bonds is 3. The zero-order valence-corrected chi connectivity index (χ0v) is 12.0. The zero-order chi connectivity index (χ0) is 14.5. The van der Waals surface area contributed by atoms with Crippen molar-refractivity contribution in [3.8, 4) is 5.75 Å². The molecule has 1 aromatic carbocycles. The number of carbonyl (C=O) groups excluding carboxylic acids is 1. The van der Waals surface area contributed by atoms with Gasteiger partial charge in [0.1, 0.15) is 5.75 Å². The summed E-state index contributed by atoms with van der Waals surface area (Å²) < 4.78 is 0. The van der Waals surface area contributed by atoms with Crippen LogP contribution in [0.4, 0.5) is 0 Å². The first kappa shape index (κ1) is 14.9. The van der Waals surface area contributed by atoms with Crippen LogP contribution in [-0.2, 0) is 4.79 Å². The molecule has 0 aliphatic heterocycles. The number of carbonyl (C=O) groups is 1. The highest BCUT2D eigenvalue weighted by Gasteiger charge is 2.27. The molecule has 1 aliphatic carbocycles. The van der Waals surface area contributed by atoms with E-state index in [-0.39, 0.29) is 29.7 Å². The number of phenols is 1. The second kappa shape index (κ2) is 6.75. The molecular formula is C16H24N2O2. The number of aromatic hydroxyl groups is 1. The summed E-state index contributed by atoms with van der Waals surface area (Å²) in [7, 11) is 0. The molecule has 0 bridgehead atoms. The van der Waals surface area contributed by atoms with Crippen LogP contribution in [0.5, 0.6) is 5.75 Å². The van der Waals surface area contributed by atoms with Gasteiger partial charge in [-0.25, -0.2) is 0 Å². The number of nitrogens with one attached hydrogen (secondary N) is 1. The van der Waals surface area contributed by atoms with E-state index >= 15 is 0 Å². The third-order valence-electron chi connectivity index (χ3n) is 4.14. The fourth-order valence-electron chi connectivity index (χ4n) is 2.86. The van der Waals surface area contributed by atoms with Crippen molar-refractivity contribution in [2.24, 2.45) is 11.7 Å². The SMILES string of the molecule is CC(NC(=O)C1CCCCCC1N)c1cccc(O)c1. The highest BCUT2D eigenvalue weighted by molar-refractivity contribution is 5.79. The number of benzene rings is 1. The average molecular weight is 276 g/mol. The van der Waals surface area contributed by atoms with E-state index in [1.165, 1.54) is 6.42 Å². The molecule has 1 aliphatic rings. The van der Waals surface area contributed by atoms with Crippen LogP contribution in [0.15, 0.2) is 24.3 Å². The molecule has 1 saturated carbocycles. The molecule has 3 unspecified atom stereocenters. The van der Waals surface area contributed by atoms with Gasteiger partial charge in [-0.15, -0.1) is 0 Å². The maximum atomic E-state index is 12.4. The summed E-state index contributed by atoms with van der Waals surface area (Å²) in [5.41, 5.74) is 7.02. The van der Waals surface area contributed by atoms with Crippen molar-refractivity contribution in [2.45, 2.75) is 51.1 Å². The van der Waals surface area contributed by atoms with Crippen molar-refractivity contribution in [3.05, 3.63) is 29.8 Å². The first-order valence-electron chi connectivity index (χ1n) is 7.43. The van der Waals surface area contributed by atoms with Gasteiger partial charge < -0.3 is 16.2 Å². The smallest absolute Gasteiger partial charge is 0.225 e. The molecule has 3 atom stereocenters. The Kier molecular flexibility index (Phi) is 5.01. The predicted molar refractivity (Wildman–Crippen MR) is 79.2 cm³/mol. The summed E-state index contributed by atoms with van der Waals surface area (Å²) in [6.07, 6.45) is 5.16. The van der Waals surface area contributed by atoms with Crippen LogP contribution in [-0.4, -0.2) is 17.1 Å². The van der Waals surface area contributed by atoms with E-state index < -0.39 is 0 Å². The first-order chi connectivity index (χ1) is 9.58. The van der Waals surface area contributed by atoms with Gasteiger partial charge in [-0.05, 0) is 37.5 Å². The van der Waals surface area contributed by atoms with E-state index in [9.17, 15) is 9.90 Å². The lowest BCUT2D eigenvalue weighted by Crippen LogP contribution is -2.42. The number of hydrogen-bond donors (Lipinski definition) is 3. The maximum absolute atomic E-state index is 12.4. The molecular weight excluding hydrogens is 252 g/mol. The van der Waals surface area contributed by atoms with Crippen LogP contribution in [0.25, 0.3) is 0 Å². The lowest BCUT2D eigenvalue weighted by atomic mass is 9.94. The minimum atomic E-state index is -0.120. The topological polar surface area (TPSA) is 75.4 Å². The van der Waals surface area contributed by atoms with Crippen LogP contribution in [0.2, 0.25) is 0 Å². The molecule has 1 aromatic rings. The van der Waals surface area contributed by atoms with Crippen molar-refractivity contribution < 1.29 is 9.90 Å². The average Bonchev–Trinajstić information content (AvgIpc) is 2.63. The zero-order valence-electron chi connectivity index (χ0n) is 12.0. The molecule has 0 aromatic heterocycles. The molecule has 4 N–H and O–H groups in total. The van der Waals surface area contributed by atoms with Crippen molar-refractivity contribution >= 4 is 5.91 Å². The van der Waals surface area contributed by atoms with Gasteiger partial charge in [-0.1, -0.05) is 31.4 Å². The Hall–Kier alpha value is -1.55. The van der Waals surface area contributed by atoms with Crippen LogP contribution in [0.1, 0.15) is 50.6 Å². The lowest BCUT2D eigenvalue weighted by molar-refractivity contribution is -0.126. The Bertz CT molecular complexity index is 462. The highest BCUT2D eigenvalue weighted by Crippen LogP contribution is 2.24. The Morgan fingerprint density at radius 1 is 1.35 bits per heavy atom. The van der Waals surface area contributed by atoms with Crippen LogP contribution < -0.4 is 11.1 Å². The van der Waals surface area contributed by atoms with E-state index in [0.717, 1.165) is 31.2 Å². The van der Waals surface area contributed by atoms with Crippen molar-refractivity contribution in [1.29, 1.82) is 0 Å². The molecule has 20 heavy (non-hydrogen) atoms. The van der Waals surface area contributed by atoms with Crippen molar-refractivity contribution in [2.75, 3.05) is 0 Å². The van der Waals surface area contributed by atoms with Crippen molar-refractivity contribution in [1.82, 2.24) is 5.32 Å². The van der Waals surface area contributed by atoms with E-state index in [0.29, 0.717) is 0 Å². The minimum absolute atomic E-state index is 0.0334. The molecule has 0 heterocycles. The summed E-state index contributed by atoms with van der Waals surface area (Å²) in [5, 5.41) is 12.5. The standard InChI is InChI=1S/C16H24N2O2/c1-11(12-6-5-7-13(19)10-12)18-16(20)14-8-3-2-4-9-15(14)17/h5-7,10-11,14-15,19H,2-4,8-9,17H2,1H3,(H,18,20). The molecule has 0 saturated heterocycles. The molecule has 1 amide bonds. The summed E-state index contributed by atoms with van der Waals surface area (Å²) in [6.45, 7) is 1.93. The molecule has 110 valence electrons. The second-order valence-corrected chi connectivity index (χ2v) is 5.73. The Morgan fingerprint density at radius 3 is 2.85 bits per heavy atom. The first-order valence-corrected chi connectivity index (χ1v) is 7.43. The Labute approximate surface area is 120 Å². The molecule has 4 nitrogen and oxygen atoms in total. The normalized spacial score (nSPS) is 24.7. The summed E-state index contributed by atoms with van der Waals surface area (Å²) in [5.74, 6) is 0.169. The van der Waals surface area contributed by atoms with Gasteiger partial charge in [0, 0.05) is 6.04 Å². The minimum Gasteiger partial charge on any atom is -0.508 e. The number of hydrogen-bond acceptors (Lipinski definition) is 3. The monoisotopic (exact) mass is 276 g/mol. The molecule has 1 fully saturated rings. The van der Waals surface area contributed by atoms with Gasteiger partial charge >= 0.3 is 0 Å². The van der Waals surface area contributed by atoms with Gasteiger partial charge in [-0.3, -0.25) is 4.79 Å². The maximum Gasteiger partial charge on any atom is 0.225 e. The van der Waals surface area contributed by atoms with Crippen molar-refractivity contribution in [3.63, 3.8) is 0 Å². The van der Waals surface area contributed by atoms with Crippen LogP contribution in [0.3, 0.4) is 0 Å². The second-order valence-electron chi connectivity index (χ2n) is 5.73. The summed E-state index contributed by atoms with van der Waals surface area (Å²) in [6, 6.07) is 6.83. The Morgan fingerprint density at radius 2 is 2.10 bits per heavy atom. The fraction of sp³-hybridized carbons (Fsp3) is 0.562. The summed E-state index contributed by atoms with van der Waals surface area (Å²) in [4.78, 5) is 12.4. The molecule has 0 radical (unpaired) electrons. The van der Waals surface area contributed by atoms with Crippen LogP contribution in [0, 0.1) is 5.92 Å². The Balaban J connectivity index is 1.99. The van der Waals surface area contributed by atoms with Gasteiger partial charge in [0.25, 0.3) is 0 Å². The molecule has 2 rings (SSSR count). The van der Waals surface area contributed by atoms with Gasteiger partial charge in [0.2, 0.25) is 5.91 Å². The van der Waals surface area contributed by atoms with E-state index in [4.69, 9.17) is 5.73 Å². The number of nitrogens with two attached hydrogens (primary N) is 1. The molecule has 0 spiro atoms. The third kappa shape index (κ3) is 3.73. The fourth-order valence-corrected chi connectivity index (χ4v) is 2.86. The number of amides is 1. The van der Waals surface area contributed by atoms with Crippen LogP contribution >= 0.6 is 0 Å². The van der Waals surface area contributed by atoms with Gasteiger partial charge in [0.05, 0.1) is 12.0 Å². The third-order valence-corrected chi connectivity index (χ3v) is 4.14.